The number of carboxylic acid groups (broad SMARTS) is 1. The number of carboxylic acids is 1. The number of carbonyl (C=O) groups is 1. The number of thiol groups is 1. The Bertz CT molecular complexity index is 535. The molecule has 0 saturated heterocycles. The third-order valence-electron chi connectivity index (χ3n) is 2.20. The van der Waals surface area contributed by atoms with Gasteiger partial charge in [-0.1, -0.05) is 6.07 Å². The molecule has 19 heavy (non-hydrogen) atoms. The summed E-state index contributed by atoms with van der Waals surface area (Å²) in [5.74, 6) is -1.40. The van der Waals surface area contributed by atoms with Crippen molar-refractivity contribution in [3.63, 3.8) is 0 Å². The summed E-state index contributed by atoms with van der Waals surface area (Å²) in [6.07, 6.45) is 0. The van der Waals surface area contributed by atoms with E-state index in [-0.39, 0.29) is 11.4 Å². The molecule has 0 aliphatic rings. The maximum absolute atomic E-state index is 10.9. The monoisotopic (exact) mass is 287 g/mol. The van der Waals surface area contributed by atoms with Gasteiger partial charge in [0.15, 0.2) is 0 Å². The maximum Gasteiger partial charge on any atom is 0.368 e. The second-order valence-corrected chi connectivity index (χ2v) is 3.77. The predicted molar refractivity (Wildman–Crippen MR) is 68.7 cm³/mol. The number of aliphatic carboxylic acids is 1. The zero-order valence-corrected chi connectivity index (χ0v) is 10.2. The molecule has 0 amide bonds. The van der Waals surface area contributed by atoms with Crippen LogP contribution in [0.5, 0.6) is 0 Å². The van der Waals surface area contributed by atoms with Gasteiger partial charge in [0, 0.05) is 11.8 Å². The van der Waals surface area contributed by atoms with Crippen LogP contribution in [-0.4, -0.2) is 32.7 Å². The summed E-state index contributed by atoms with van der Waals surface area (Å²) in [7, 11) is 0. The van der Waals surface area contributed by atoms with Gasteiger partial charge in [-0.25, -0.2) is 4.79 Å². The van der Waals surface area contributed by atoms with Gasteiger partial charge < -0.3 is 10.4 Å². The zero-order valence-electron chi connectivity index (χ0n) is 9.35. The van der Waals surface area contributed by atoms with Crippen LogP contribution in [0.1, 0.15) is 0 Å². The fourth-order valence-corrected chi connectivity index (χ4v) is 1.61. The Morgan fingerprint density at radius 3 is 2.42 bits per heavy atom. The quantitative estimate of drug-likeness (QED) is 0.407. The molecule has 0 radical (unpaired) electrons. The molecule has 0 saturated carbocycles. The fraction of sp³-hybridized carbons (Fsp3) is 0.222. The first-order valence-electron chi connectivity index (χ1n) is 4.90. The number of hydrogen-bond donors (Lipinski definition) is 3. The van der Waals surface area contributed by atoms with E-state index in [9.17, 15) is 25.0 Å². The number of hydrogen-bond acceptors (Lipinski definition) is 7. The van der Waals surface area contributed by atoms with Crippen molar-refractivity contribution >= 4 is 35.7 Å². The summed E-state index contributed by atoms with van der Waals surface area (Å²) in [5, 5.41) is 32.8. The number of nitrogens with zero attached hydrogens (tertiary/aromatic N) is 2. The normalized spacial score (nSPS) is 11.6. The van der Waals surface area contributed by atoms with Crippen LogP contribution in [0.3, 0.4) is 0 Å². The number of para-hydroxylation sites is 1. The largest absolute Gasteiger partial charge is 0.480 e. The smallest absolute Gasteiger partial charge is 0.368 e. The molecule has 1 aromatic rings. The maximum atomic E-state index is 10.9. The van der Waals surface area contributed by atoms with Crippen LogP contribution in [0.2, 0.25) is 0 Å². The second kappa shape index (κ2) is 6.00. The SMILES string of the molecule is O=C(O)C(CS)Nc1cccc([N+](=O)[O-])c1[N+](=O)[O-]. The zero-order chi connectivity index (χ0) is 14.6. The van der Waals surface area contributed by atoms with Crippen molar-refractivity contribution in [3.05, 3.63) is 38.4 Å². The van der Waals surface area contributed by atoms with Gasteiger partial charge in [0.05, 0.1) is 9.85 Å². The summed E-state index contributed by atoms with van der Waals surface area (Å²) >= 11 is 3.79. The number of nitro benzene ring substituents is 2. The van der Waals surface area contributed by atoms with E-state index in [0.717, 1.165) is 6.07 Å². The molecule has 0 aliphatic heterocycles. The van der Waals surface area contributed by atoms with Crippen molar-refractivity contribution in [1.82, 2.24) is 0 Å². The molecule has 0 heterocycles. The van der Waals surface area contributed by atoms with E-state index in [0.29, 0.717) is 0 Å². The Kier molecular flexibility index (Phi) is 4.64. The molecule has 1 unspecified atom stereocenters. The van der Waals surface area contributed by atoms with E-state index >= 15 is 0 Å². The minimum absolute atomic E-state index is 0.130. The van der Waals surface area contributed by atoms with Crippen LogP contribution in [0.25, 0.3) is 0 Å². The second-order valence-electron chi connectivity index (χ2n) is 3.41. The van der Waals surface area contributed by atoms with Crippen LogP contribution < -0.4 is 5.32 Å². The van der Waals surface area contributed by atoms with E-state index in [1.165, 1.54) is 12.1 Å². The molecule has 1 aromatic carbocycles. The number of nitro groups is 2. The summed E-state index contributed by atoms with van der Waals surface area (Å²) in [6.45, 7) is 0. The molecular weight excluding hydrogens is 278 g/mol. The lowest BCUT2D eigenvalue weighted by molar-refractivity contribution is -0.421. The summed E-state index contributed by atoms with van der Waals surface area (Å²) in [4.78, 5) is 30.6. The highest BCUT2D eigenvalue weighted by molar-refractivity contribution is 7.80. The van der Waals surface area contributed by atoms with Gasteiger partial charge in [0.1, 0.15) is 11.7 Å². The predicted octanol–water partition coefficient (Wildman–Crippen LogP) is 1.30. The number of rotatable bonds is 6. The lowest BCUT2D eigenvalue weighted by Crippen LogP contribution is -2.31. The van der Waals surface area contributed by atoms with Crippen molar-refractivity contribution in [1.29, 1.82) is 0 Å². The van der Waals surface area contributed by atoms with Crippen LogP contribution in [0, 0.1) is 20.2 Å². The minimum Gasteiger partial charge on any atom is -0.480 e. The Morgan fingerprint density at radius 2 is 2.00 bits per heavy atom. The lowest BCUT2D eigenvalue weighted by Gasteiger charge is -2.13. The molecule has 9 nitrogen and oxygen atoms in total. The molecule has 1 rings (SSSR count). The third kappa shape index (κ3) is 3.31. The van der Waals surface area contributed by atoms with E-state index in [2.05, 4.69) is 17.9 Å². The van der Waals surface area contributed by atoms with Crippen molar-refractivity contribution in [2.24, 2.45) is 0 Å². The highest BCUT2D eigenvalue weighted by Gasteiger charge is 2.30. The van der Waals surface area contributed by atoms with Gasteiger partial charge >= 0.3 is 17.3 Å². The van der Waals surface area contributed by atoms with Gasteiger partial charge in [0.2, 0.25) is 0 Å². The molecule has 0 aliphatic carbocycles. The van der Waals surface area contributed by atoms with E-state index in [4.69, 9.17) is 5.11 Å². The topological polar surface area (TPSA) is 136 Å². The van der Waals surface area contributed by atoms with Crippen LogP contribution >= 0.6 is 12.6 Å². The van der Waals surface area contributed by atoms with Crippen molar-refractivity contribution < 1.29 is 19.7 Å². The summed E-state index contributed by atoms with van der Waals surface area (Å²) < 4.78 is 0. The van der Waals surface area contributed by atoms with Crippen molar-refractivity contribution in [2.75, 3.05) is 11.1 Å². The fourth-order valence-electron chi connectivity index (χ4n) is 1.36. The molecule has 2 N–H and O–H groups in total. The average Bonchev–Trinajstić information content (AvgIpc) is 2.34. The van der Waals surface area contributed by atoms with E-state index in [1.54, 1.807) is 0 Å². The number of nitrogens with one attached hydrogen (secondary N) is 1. The molecule has 102 valence electrons. The minimum atomic E-state index is -1.27. The van der Waals surface area contributed by atoms with Gasteiger partial charge in [0.25, 0.3) is 0 Å². The number of anilines is 1. The lowest BCUT2D eigenvalue weighted by atomic mass is 10.2. The molecule has 0 aromatic heterocycles. The highest BCUT2D eigenvalue weighted by Crippen LogP contribution is 2.34. The summed E-state index contributed by atoms with van der Waals surface area (Å²) in [6, 6.07) is 2.21. The first-order chi connectivity index (χ1) is 8.88. The molecular formula is C9H9N3O6S. The van der Waals surface area contributed by atoms with E-state index < -0.39 is 33.2 Å². The molecule has 10 heteroatoms. The number of benzene rings is 1. The van der Waals surface area contributed by atoms with Crippen molar-refractivity contribution in [3.8, 4) is 0 Å². The first kappa shape index (κ1) is 14.7. The Labute approximate surface area is 111 Å². The standard InChI is InChI=1S/C9H9N3O6S/c13-9(14)6(4-19)10-5-2-1-3-7(11(15)16)8(5)12(17)18/h1-3,6,10,19H,4H2,(H,13,14). The third-order valence-corrected chi connectivity index (χ3v) is 2.57. The molecule has 0 spiro atoms. The average molecular weight is 287 g/mol. The van der Waals surface area contributed by atoms with Crippen LogP contribution in [0.4, 0.5) is 17.1 Å². The Morgan fingerprint density at radius 1 is 1.37 bits per heavy atom. The van der Waals surface area contributed by atoms with Crippen molar-refractivity contribution in [2.45, 2.75) is 6.04 Å². The highest BCUT2D eigenvalue weighted by atomic mass is 32.1. The van der Waals surface area contributed by atoms with Gasteiger partial charge in [-0.2, -0.15) is 12.6 Å². The van der Waals surface area contributed by atoms with Gasteiger partial charge in [-0.15, -0.1) is 0 Å². The van der Waals surface area contributed by atoms with E-state index in [1.807, 2.05) is 0 Å². The van der Waals surface area contributed by atoms with Crippen LogP contribution in [0.15, 0.2) is 18.2 Å². The van der Waals surface area contributed by atoms with Gasteiger partial charge in [-0.3, -0.25) is 20.2 Å². The Hall–Kier alpha value is -2.36. The Balaban J connectivity index is 3.27. The summed E-state index contributed by atoms with van der Waals surface area (Å²) in [5.41, 5.74) is -1.72. The molecule has 1 atom stereocenters. The first-order valence-corrected chi connectivity index (χ1v) is 5.53. The van der Waals surface area contributed by atoms with Gasteiger partial charge in [-0.05, 0) is 6.07 Å². The molecule has 0 bridgehead atoms. The molecule has 0 fully saturated rings. The van der Waals surface area contributed by atoms with Crippen LogP contribution in [-0.2, 0) is 4.79 Å².